The standard InChI is InChI=1S/C14H22O4/c1-7-8-14(5,6)11(10(4)12(15)16)18-13(17)9(2)3/h2,7-8H2,1,3-6H3,(H,15,16). The number of allylic oxidation sites excluding steroid dienone is 1. The number of carbonyl (C=O) groups excluding carboxylic acids is 1. The van der Waals surface area contributed by atoms with Crippen LogP contribution in [0.2, 0.25) is 0 Å². The van der Waals surface area contributed by atoms with Gasteiger partial charge >= 0.3 is 11.9 Å². The van der Waals surface area contributed by atoms with E-state index in [0.29, 0.717) is 0 Å². The largest absolute Gasteiger partial charge is 0.478 e. The Morgan fingerprint density at radius 2 is 1.78 bits per heavy atom. The van der Waals surface area contributed by atoms with Gasteiger partial charge in [0.25, 0.3) is 0 Å². The molecule has 0 amide bonds. The number of hydrogen-bond acceptors (Lipinski definition) is 3. The van der Waals surface area contributed by atoms with E-state index in [0.717, 1.165) is 12.8 Å². The molecule has 0 bridgehead atoms. The molecular formula is C14H22O4. The molecule has 102 valence electrons. The lowest BCUT2D eigenvalue weighted by atomic mass is 9.83. The van der Waals surface area contributed by atoms with Gasteiger partial charge in [0.15, 0.2) is 0 Å². The first-order valence-electron chi connectivity index (χ1n) is 5.95. The van der Waals surface area contributed by atoms with E-state index >= 15 is 0 Å². The zero-order valence-electron chi connectivity index (χ0n) is 11.8. The molecule has 0 aromatic heterocycles. The maximum atomic E-state index is 11.6. The normalized spacial score (nSPS) is 12.7. The van der Waals surface area contributed by atoms with Crippen molar-refractivity contribution in [1.82, 2.24) is 0 Å². The van der Waals surface area contributed by atoms with Gasteiger partial charge in [-0.05, 0) is 20.3 Å². The van der Waals surface area contributed by atoms with Gasteiger partial charge in [0.1, 0.15) is 5.76 Å². The summed E-state index contributed by atoms with van der Waals surface area (Å²) in [5.41, 5.74) is -0.191. The molecule has 18 heavy (non-hydrogen) atoms. The van der Waals surface area contributed by atoms with E-state index < -0.39 is 17.4 Å². The number of carboxylic acid groups (broad SMARTS) is 1. The quantitative estimate of drug-likeness (QED) is 0.449. The average molecular weight is 254 g/mol. The Hall–Kier alpha value is -1.58. The summed E-state index contributed by atoms with van der Waals surface area (Å²) >= 11 is 0. The van der Waals surface area contributed by atoms with Crippen molar-refractivity contribution >= 4 is 11.9 Å². The number of carbonyl (C=O) groups is 2. The summed E-state index contributed by atoms with van der Waals surface area (Å²) in [6, 6.07) is 0. The van der Waals surface area contributed by atoms with E-state index in [2.05, 4.69) is 6.58 Å². The number of ether oxygens (including phenoxy) is 1. The summed E-state index contributed by atoms with van der Waals surface area (Å²) in [7, 11) is 0. The Morgan fingerprint density at radius 3 is 2.11 bits per heavy atom. The molecule has 0 unspecified atom stereocenters. The lowest BCUT2D eigenvalue weighted by Crippen LogP contribution is -2.23. The van der Waals surface area contributed by atoms with Gasteiger partial charge in [-0.2, -0.15) is 0 Å². The molecule has 0 rings (SSSR count). The summed E-state index contributed by atoms with van der Waals surface area (Å²) in [4.78, 5) is 22.7. The summed E-state index contributed by atoms with van der Waals surface area (Å²) in [5.74, 6) is -1.46. The lowest BCUT2D eigenvalue weighted by Gasteiger charge is -2.27. The van der Waals surface area contributed by atoms with E-state index in [1.54, 1.807) is 0 Å². The van der Waals surface area contributed by atoms with E-state index in [-0.39, 0.29) is 16.9 Å². The number of rotatable bonds is 6. The smallest absolute Gasteiger partial charge is 0.338 e. The van der Waals surface area contributed by atoms with Crippen LogP contribution in [0.15, 0.2) is 23.5 Å². The molecular weight excluding hydrogens is 232 g/mol. The third-order valence-electron chi connectivity index (χ3n) is 2.69. The lowest BCUT2D eigenvalue weighted by molar-refractivity contribution is -0.137. The van der Waals surface area contributed by atoms with Gasteiger partial charge in [-0.25, -0.2) is 9.59 Å². The molecule has 0 atom stereocenters. The number of hydrogen-bond donors (Lipinski definition) is 1. The summed E-state index contributed by atoms with van der Waals surface area (Å²) in [5, 5.41) is 9.06. The average Bonchev–Trinajstić information content (AvgIpc) is 2.23. The zero-order chi connectivity index (χ0) is 14.5. The molecule has 0 saturated heterocycles. The minimum atomic E-state index is -1.08. The molecule has 0 fully saturated rings. The molecule has 0 radical (unpaired) electrons. The van der Waals surface area contributed by atoms with Crippen LogP contribution in [-0.2, 0) is 14.3 Å². The van der Waals surface area contributed by atoms with Crippen molar-refractivity contribution in [3.8, 4) is 0 Å². The highest BCUT2D eigenvalue weighted by molar-refractivity contribution is 5.90. The Bertz CT molecular complexity index is 389. The van der Waals surface area contributed by atoms with Crippen molar-refractivity contribution in [3.05, 3.63) is 23.5 Å². The fourth-order valence-corrected chi connectivity index (χ4v) is 1.74. The second kappa shape index (κ2) is 6.38. The van der Waals surface area contributed by atoms with Crippen LogP contribution in [0.25, 0.3) is 0 Å². The highest BCUT2D eigenvalue weighted by atomic mass is 16.5. The fraction of sp³-hybridized carbons (Fsp3) is 0.571. The van der Waals surface area contributed by atoms with Crippen molar-refractivity contribution in [1.29, 1.82) is 0 Å². The minimum Gasteiger partial charge on any atom is -0.478 e. The minimum absolute atomic E-state index is 0.0584. The molecule has 0 aliphatic carbocycles. The molecule has 0 aromatic rings. The van der Waals surface area contributed by atoms with E-state index in [1.807, 2.05) is 20.8 Å². The predicted molar refractivity (Wildman–Crippen MR) is 69.9 cm³/mol. The number of carboxylic acids is 1. The Morgan fingerprint density at radius 1 is 1.28 bits per heavy atom. The monoisotopic (exact) mass is 254 g/mol. The van der Waals surface area contributed by atoms with Gasteiger partial charge in [-0.3, -0.25) is 0 Å². The van der Waals surface area contributed by atoms with Gasteiger partial charge in [-0.15, -0.1) is 0 Å². The SMILES string of the molecule is C=C(C)C(=O)OC(=C(C)C(=O)O)C(C)(C)CCC. The molecule has 0 aliphatic rings. The second-order valence-electron chi connectivity index (χ2n) is 5.06. The molecule has 4 heteroatoms. The van der Waals surface area contributed by atoms with Crippen LogP contribution in [0.5, 0.6) is 0 Å². The van der Waals surface area contributed by atoms with Gasteiger partial charge in [-0.1, -0.05) is 33.8 Å². The van der Waals surface area contributed by atoms with E-state index in [9.17, 15) is 9.59 Å². The van der Waals surface area contributed by atoms with Crippen LogP contribution in [0, 0.1) is 5.41 Å². The second-order valence-corrected chi connectivity index (χ2v) is 5.06. The van der Waals surface area contributed by atoms with Crippen molar-refractivity contribution in [2.45, 2.75) is 47.5 Å². The van der Waals surface area contributed by atoms with E-state index in [4.69, 9.17) is 9.84 Å². The first kappa shape index (κ1) is 16.4. The van der Waals surface area contributed by atoms with Crippen molar-refractivity contribution < 1.29 is 19.4 Å². The third-order valence-corrected chi connectivity index (χ3v) is 2.69. The molecule has 1 N–H and O–H groups in total. The van der Waals surface area contributed by atoms with Gasteiger partial charge in [0, 0.05) is 11.0 Å². The van der Waals surface area contributed by atoms with Crippen molar-refractivity contribution in [3.63, 3.8) is 0 Å². The number of esters is 1. The highest BCUT2D eigenvalue weighted by Gasteiger charge is 2.30. The topological polar surface area (TPSA) is 63.6 Å². The molecule has 0 aliphatic heterocycles. The zero-order valence-corrected chi connectivity index (χ0v) is 11.8. The maximum Gasteiger partial charge on any atom is 0.338 e. The first-order chi connectivity index (χ1) is 8.13. The van der Waals surface area contributed by atoms with Crippen molar-refractivity contribution in [2.24, 2.45) is 5.41 Å². The molecule has 4 nitrogen and oxygen atoms in total. The van der Waals surface area contributed by atoms with E-state index in [1.165, 1.54) is 13.8 Å². The molecule has 0 heterocycles. The predicted octanol–water partition coefficient (Wildman–Crippen LogP) is 3.29. The Kier molecular flexibility index (Phi) is 5.82. The van der Waals surface area contributed by atoms with Gasteiger partial charge < -0.3 is 9.84 Å². The maximum absolute atomic E-state index is 11.6. The van der Waals surface area contributed by atoms with Crippen LogP contribution in [0.1, 0.15) is 47.5 Å². The Balaban J connectivity index is 5.47. The van der Waals surface area contributed by atoms with Gasteiger partial charge in [0.05, 0.1) is 5.57 Å². The first-order valence-corrected chi connectivity index (χ1v) is 5.95. The third kappa shape index (κ3) is 4.35. The number of aliphatic carboxylic acids is 1. The van der Waals surface area contributed by atoms with Crippen LogP contribution in [0.3, 0.4) is 0 Å². The molecule has 0 spiro atoms. The van der Waals surface area contributed by atoms with Crippen LogP contribution in [-0.4, -0.2) is 17.0 Å². The Labute approximate surface area is 108 Å². The summed E-state index contributed by atoms with van der Waals surface area (Å²) in [6.07, 6.45) is 1.60. The van der Waals surface area contributed by atoms with Crippen LogP contribution < -0.4 is 0 Å². The van der Waals surface area contributed by atoms with Crippen LogP contribution >= 0.6 is 0 Å². The van der Waals surface area contributed by atoms with Crippen molar-refractivity contribution in [2.75, 3.05) is 0 Å². The molecule has 0 aromatic carbocycles. The summed E-state index contributed by atoms with van der Waals surface area (Å²) < 4.78 is 5.21. The molecule has 0 saturated carbocycles. The summed E-state index contributed by atoms with van der Waals surface area (Å²) in [6.45, 7) is 12.2. The van der Waals surface area contributed by atoms with Gasteiger partial charge in [0.2, 0.25) is 0 Å². The fourth-order valence-electron chi connectivity index (χ4n) is 1.74. The highest BCUT2D eigenvalue weighted by Crippen LogP contribution is 2.35. The van der Waals surface area contributed by atoms with Crippen LogP contribution in [0.4, 0.5) is 0 Å².